The van der Waals surface area contributed by atoms with Crippen LogP contribution in [0.25, 0.3) is 5.57 Å². The quantitative estimate of drug-likeness (QED) is 0.570. The number of aromatic nitrogens is 1. The van der Waals surface area contributed by atoms with E-state index in [1.165, 1.54) is 17.4 Å². The van der Waals surface area contributed by atoms with Crippen molar-refractivity contribution >= 4 is 50.7 Å². The lowest BCUT2D eigenvalue weighted by atomic mass is 10.2. The number of hydrogen-bond donors (Lipinski definition) is 1. The Bertz CT molecular complexity index is 633. The van der Waals surface area contributed by atoms with Gasteiger partial charge in [0, 0.05) is 0 Å². The van der Waals surface area contributed by atoms with Crippen molar-refractivity contribution in [2.75, 3.05) is 5.32 Å². The molecule has 8 heteroatoms. The van der Waals surface area contributed by atoms with Gasteiger partial charge in [-0.05, 0) is 62.0 Å². The molecule has 0 spiro atoms. The molecule has 1 heterocycles. The van der Waals surface area contributed by atoms with E-state index < -0.39 is 17.5 Å². The van der Waals surface area contributed by atoms with Gasteiger partial charge in [-0.25, -0.2) is 14.2 Å². The molecule has 0 atom stereocenters. The summed E-state index contributed by atoms with van der Waals surface area (Å²) in [6.07, 6.45) is 1.72. The van der Waals surface area contributed by atoms with E-state index in [9.17, 15) is 9.18 Å². The number of rotatable bonds is 4. The van der Waals surface area contributed by atoms with E-state index in [1.807, 2.05) is 0 Å². The Balaban J connectivity index is 2.90. The molecule has 0 aliphatic carbocycles. The number of ether oxygens (including phenoxy) is 1. The number of nitrogens with zero attached hydrogens (tertiary/aromatic N) is 2. The predicted molar refractivity (Wildman–Crippen MR) is 92.1 cm³/mol. The molecule has 0 fully saturated rings. The SMILES string of the molecule is C=N/C=C(F)\C=C(/C)c1nc(Br)c(NC(=O)OC(C)(C)C)s1. The molecule has 1 rings (SSSR count). The first-order valence-corrected chi connectivity index (χ1v) is 7.90. The highest BCUT2D eigenvalue weighted by Crippen LogP contribution is 2.33. The molecule has 1 aromatic rings. The van der Waals surface area contributed by atoms with Crippen LogP contribution in [0.3, 0.4) is 0 Å². The van der Waals surface area contributed by atoms with E-state index >= 15 is 0 Å². The fourth-order valence-corrected chi connectivity index (χ4v) is 2.79. The number of thiazole rings is 1. The molecule has 0 aromatic carbocycles. The molecule has 0 saturated carbocycles. The van der Waals surface area contributed by atoms with Gasteiger partial charge in [-0.15, -0.1) is 0 Å². The maximum atomic E-state index is 13.4. The van der Waals surface area contributed by atoms with Crippen molar-refractivity contribution in [2.24, 2.45) is 4.99 Å². The Morgan fingerprint density at radius 3 is 2.73 bits per heavy atom. The molecule has 0 unspecified atom stereocenters. The average Bonchev–Trinajstić information content (AvgIpc) is 2.68. The topological polar surface area (TPSA) is 63.6 Å². The minimum atomic E-state index is -0.592. The van der Waals surface area contributed by atoms with Crippen molar-refractivity contribution in [3.63, 3.8) is 0 Å². The monoisotopic (exact) mass is 389 g/mol. The molecule has 0 bridgehead atoms. The Morgan fingerprint density at radius 1 is 1.55 bits per heavy atom. The second-order valence-electron chi connectivity index (χ2n) is 5.29. The van der Waals surface area contributed by atoms with Crippen LogP contribution in [0.2, 0.25) is 0 Å². The summed E-state index contributed by atoms with van der Waals surface area (Å²) in [5.41, 5.74) is 0.00578. The highest BCUT2D eigenvalue weighted by molar-refractivity contribution is 9.10. The molecule has 0 aliphatic heterocycles. The third-order valence-electron chi connectivity index (χ3n) is 2.11. The van der Waals surface area contributed by atoms with E-state index in [2.05, 4.69) is 37.9 Å². The van der Waals surface area contributed by atoms with Crippen molar-refractivity contribution in [3.8, 4) is 0 Å². The van der Waals surface area contributed by atoms with Crippen LogP contribution < -0.4 is 5.32 Å². The van der Waals surface area contributed by atoms with Crippen LogP contribution in [0.15, 0.2) is 27.7 Å². The lowest BCUT2D eigenvalue weighted by Gasteiger charge is -2.19. The molecule has 0 aliphatic rings. The van der Waals surface area contributed by atoms with Crippen LogP contribution in [0.4, 0.5) is 14.2 Å². The normalized spacial score (nSPS) is 13.0. The molecule has 1 N–H and O–H groups in total. The first-order valence-electron chi connectivity index (χ1n) is 6.29. The molecule has 5 nitrogen and oxygen atoms in total. The van der Waals surface area contributed by atoms with Gasteiger partial charge in [0.15, 0.2) is 0 Å². The number of amides is 1. The molecule has 0 saturated heterocycles. The van der Waals surface area contributed by atoms with Crippen molar-refractivity contribution < 1.29 is 13.9 Å². The zero-order valence-electron chi connectivity index (χ0n) is 12.7. The largest absolute Gasteiger partial charge is 0.444 e. The lowest BCUT2D eigenvalue weighted by Crippen LogP contribution is -2.27. The summed E-state index contributed by atoms with van der Waals surface area (Å²) < 4.78 is 19.0. The van der Waals surface area contributed by atoms with Gasteiger partial charge in [-0.3, -0.25) is 10.3 Å². The zero-order valence-corrected chi connectivity index (χ0v) is 15.1. The molecule has 1 aromatic heterocycles. The number of nitrogens with one attached hydrogen (secondary N) is 1. The van der Waals surface area contributed by atoms with E-state index in [0.717, 1.165) is 6.20 Å². The van der Waals surface area contributed by atoms with Gasteiger partial charge in [0.2, 0.25) is 0 Å². The van der Waals surface area contributed by atoms with E-state index in [1.54, 1.807) is 27.7 Å². The third-order valence-corrected chi connectivity index (χ3v) is 4.05. The van der Waals surface area contributed by atoms with Crippen molar-refractivity contribution in [2.45, 2.75) is 33.3 Å². The van der Waals surface area contributed by atoms with Crippen LogP contribution in [0.1, 0.15) is 32.7 Å². The zero-order chi connectivity index (χ0) is 16.9. The number of carbonyl (C=O) groups is 1. The standard InChI is InChI=1S/C14H17BrFN3O2S/c1-8(6-9(16)7-17-5)11-18-10(15)12(22-11)19-13(20)21-14(2,3)4/h6-7H,5H2,1-4H3,(H,19,20)/b8-6+,9-7+. The predicted octanol–water partition coefficient (Wildman–Crippen LogP) is 5.17. The fraction of sp³-hybridized carbons (Fsp3) is 0.357. The first-order chi connectivity index (χ1) is 10.1. The number of allylic oxidation sites excluding steroid dienone is 3. The van der Waals surface area contributed by atoms with Crippen LogP contribution >= 0.6 is 27.3 Å². The number of anilines is 1. The summed E-state index contributed by atoms with van der Waals surface area (Å²) in [5.74, 6) is -0.527. The van der Waals surface area contributed by atoms with Crippen LogP contribution in [-0.2, 0) is 4.74 Å². The summed E-state index contributed by atoms with van der Waals surface area (Å²) in [4.78, 5) is 19.3. The number of hydrogen-bond acceptors (Lipinski definition) is 5. The smallest absolute Gasteiger partial charge is 0.412 e. The van der Waals surface area contributed by atoms with Gasteiger partial charge in [0.1, 0.15) is 26.0 Å². The van der Waals surface area contributed by atoms with Gasteiger partial charge >= 0.3 is 6.09 Å². The van der Waals surface area contributed by atoms with Gasteiger partial charge in [0.05, 0.1) is 6.20 Å². The van der Waals surface area contributed by atoms with E-state index in [0.29, 0.717) is 20.2 Å². The fourth-order valence-electron chi connectivity index (χ4n) is 1.34. The maximum absolute atomic E-state index is 13.4. The number of halogens is 2. The van der Waals surface area contributed by atoms with E-state index in [-0.39, 0.29) is 0 Å². The molecule has 1 amide bonds. The molecule has 0 radical (unpaired) electrons. The lowest BCUT2D eigenvalue weighted by molar-refractivity contribution is 0.0636. The van der Waals surface area contributed by atoms with Crippen molar-refractivity contribution in [3.05, 3.63) is 27.7 Å². The maximum Gasteiger partial charge on any atom is 0.412 e. The van der Waals surface area contributed by atoms with Gasteiger partial charge in [-0.1, -0.05) is 11.3 Å². The van der Waals surface area contributed by atoms with E-state index in [4.69, 9.17) is 4.74 Å². The highest BCUT2D eigenvalue weighted by atomic mass is 79.9. The minimum Gasteiger partial charge on any atom is -0.444 e. The van der Waals surface area contributed by atoms with Crippen LogP contribution in [0.5, 0.6) is 0 Å². The molecular weight excluding hydrogens is 373 g/mol. The van der Waals surface area contributed by atoms with Gasteiger partial charge in [0.25, 0.3) is 0 Å². The summed E-state index contributed by atoms with van der Waals surface area (Å²) >= 11 is 4.46. The minimum absolute atomic E-state index is 0.456. The molecule has 22 heavy (non-hydrogen) atoms. The Morgan fingerprint density at radius 2 is 2.18 bits per heavy atom. The van der Waals surface area contributed by atoms with Crippen molar-refractivity contribution in [1.29, 1.82) is 0 Å². The Kier molecular flexibility index (Phi) is 6.43. The third kappa shape index (κ3) is 6.07. The number of aliphatic imine (C=N–C) groups is 1. The second kappa shape index (κ2) is 7.64. The van der Waals surface area contributed by atoms with Crippen LogP contribution in [-0.4, -0.2) is 23.4 Å². The molecular formula is C14H17BrFN3O2S. The Hall–Kier alpha value is -1.54. The summed E-state index contributed by atoms with van der Waals surface area (Å²) in [6.45, 7) is 10.2. The first kappa shape index (κ1) is 18.5. The highest BCUT2D eigenvalue weighted by Gasteiger charge is 2.19. The Labute approximate surface area is 141 Å². The summed E-state index contributed by atoms with van der Waals surface area (Å²) in [6, 6.07) is 0. The average molecular weight is 390 g/mol. The van der Waals surface area contributed by atoms with Crippen LogP contribution in [0, 0.1) is 0 Å². The molecule has 120 valence electrons. The second-order valence-corrected chi connectivity index (χ2v) is 7.04. The van der Waals surface area contributed by atoms with Crippen molar-refractivity contribution in [1.82, 2.24) is 4.98 Å². The van der Waals surface area contributed by atoms with Gasteiger partial charge < -0.3 is 4.74 Å². The summed E-state index contributed by atoms with van der Waals surface area (Å²) in [5, 5.41) is 3.65. The number of carbonyl (C=O) groups excluding carboxylic acids is 1. The summed E-state index contributed by atoms with van der Waals surface area (Å²) in [7, 11) is 0. The van der Waals surface area contributed by atoms with Gasteiger partial charge in [-0.2, -0.15) is 0 Å².